The van der Waals surface area contributed by atoms with Gasteiger partial charge in [0, 0.05) is 38.4 Å². The molecule has 2 rings (SSSR count). The Bertz CT molecular complexity index is 377. The van der Waals surface area contributed by atoms with E-state index in [0.717, 1.165) is 25.4 Å². The van der Waals surface area contributed by atoms with Gasteiger partial charge in [-0.15, -0.1) is 0 Å². The molecule has 1 aromatic heterocycles. The fourth-order valence-electron chi connectivity index (χ4n) is 2.77. The molecule has 0 atom stereocenters. The standard InChI is InChI=1S/C15H28N4/c1-4-15-14(12-18(3)17-15)11-16-7-10-19-8-5-13(2)6-9-19/h12-13,16H,4-11H2,1-3H3. The first-order valence-corrected chi connectivity index (χ1v) is 7.63. The van der Waals surface area contributed by atoms with Crippen LogP contribution in [0.25, 0.3) is 0 Å². The fraction of sp³-hybridized carbons (Fsp3) is 0.800. The summed E-state index contributed by atoms with van der Waals surface area (Å²) >= 11 is 0. The second-order valence-electron chi connectivity index (χ2n) is 5.83. The topological polar surface area (TPSA) is 33.1 Å². The van der Waals surface area contributed by atoms with E-state index in [1.807, 2.05) is 11.7 Å². The van der Waals surface area contributed by atoms with E-state index in [-0.39, 0.29) is 0 Å². The maximum absolute atomic E-state index is 4.47. The van der Waals surface area contributed by atoms with E-state index in [1.54, 1.807) is 0 Å². The number of hydrogen-bond donors (Lipinski definition) is 1. The normalized spacial score (nSPS) is 18.1. The van der Waals surface area contributed by atoms with Crippen LogP contribution in [0.4, 0.5) is 0 Å². The highest BCUT2D eigenvalue weighted by molar-refractivity contribution is 5.16. The Hall–Kier alpha value is -0.870. The third kappa shape index (κ3) is 4.32. The molecule has 1 fully saturated rings. The van der Waals surface area contributed by atoms with Gasteiger partial charge in [0.1, 0.15) is 0 Å². The highest BCUT2D eigenvalue weighted by Gasteiger charge is 2.14. The summed E-state index contributed by atoms with van der Waals surface area (Å²) in [6, 6.07) is 0. The Morgan fingerprint density at radius 1 is 1.37 bits per heavy atom. The molecule has 1 aliphatic rings. The molecule has 0 saturated carbocycles. The monoisotopic (exact) mass is 264 g/mol. The van der Waals surface area contributed by atoms with Gasteiger partial charge in [-0.3, -0.25) is 4.68 Å². The number of nitrogens with zero attached hydrogens (tertiary/aromatic N) is 3. The van der Waals surface area contributed by atoms with Crippen molar-refractivity contribution in [2.24, 2.45) is 13.0 Å². The molecule has 1 aromatic rings. The van der Waals surface area contributed by atoms with Gasteiger partial charge in [0.15, 0.2) is 0 Å². The van der Waals surface area contributed by atoms with Crippen LogP contribution < -0.4 is 5.32 Å². The maximum atomic E-state index is 4.47. The van der Waals surface area contributed by atoms with E-state index in [4.69, 9.17) is 0 Å². The zero-order chi connectivity index (χ0) is 13.7. The van der Waals surface area contributed by atoms with E-state index in [9.17, 15) is 0 Å². The van der Waals surface area contributed by atoms with Crippen molar-refractivity contribution in [1.82, 2.24) is 20.0 Å². The number of aromatic nitrogens is 2. The molecule has 0 aliphatic carbocycles. The van der Waals surface area contributed by atoms with E-state index in [0.29, 0.717) is 0 Å². The number of nitrogens with one attached hydrogen (secondary N) is 1. The summed E-state index contributed by atoms with van der Waals surface area (Å²) in [4.78, 5) is 2.58. The van der Waals surface area contributed by atoms with E-state index < -0.39 is 0 Å². The fourth-order valence-corrected chi connectivity index (χ4v) is 2.77. The number of piperidine rings is 1. The first kappa shape index (κ1) is 14.5. The van der Waals surface area contributed by atoms with Crippen LogP contribution in [0.5, 0.6) is 0 Å². The van der Waals surface area contributed by atoms with Crippen LogP contribution in [0.15, 0.2) is 6.20 Å². The van der Waals surface area contributed by atoms with Crippen LogP contribution in [-0.2, 0) is 20.0 Å². The van der Waals surface area contributed by atoms with E-state index >= 15 is 0 Å². The van der Waals surface area contributed by atoms with Gasteiger partial charge in [0.25, 0.3) is 0 Å². The van der Waals surface area contributed by atoms with Crippen molar-refractivity contribution in [3.8, 4) is 0 Å². The van der Waals surface area contributed by atoms with Crippen LogP contribution in [0, 0.1) is 5.92 Å². The summed E-state index contributed by atoms with van der Waals surface area (Å²) in [6.45, 7) is 10.3. The molecule has 2 heterocycles. The van der Waals surface area contributed by atoms with Crippen LogP contribution >= 0.6 is 0 Å². The van der Waals surface area contributed by atoms with Crippen molar-refractivity contribution in [3.05, 3.63) is 17.5 Å². The predicted molar refractivity (Wildman–Crippen MR) is 79.1 cm³/mol. The number of aryl methyl sites for hydroxylation is 2. The first-order chi connectivity index (χ1) is 9.19. The van der Waals surface area contributed by atoms with Crippen molar-refractivity contribution < 1.29 is 0 Å². The largest absolute Gasteiger partial charge is 0.311 e. The average Bonchev–Trinajstić information content (AvgIpc) is 2.77. The Labute approximate surface area is 117 Å². The lowest BCUT2D eigenvalue weighted by molar-refractivity contribution is 0.193. The molecule has 0 amide bonds. The quantitative estimate of drug-likeness (QED) is 0.796. The molecule has 0 spiro atoms. The number of rotatable bonds is 6. The van der Waals surface area contributed by atoms with Gasteiger partial charge in [0.05, 0.1) is 5.69 Å². The summed E-state index contributed by atoms with van der Waals surface area (Å²) in [5.41, 5.74) is 2.57. The van der Waals surface area contributed by atoms with Crippen molar-refractivity contribution in [2.45, 2.75) is 39.7 Å². The van der Waals surface area contributed by atoms with Crippen molar-refractivity contribution in [2.75, 3.05) is 26.2 Å². The summed E-state index contributed by atoms with van der Waals surface area (Å²) in [5, 5.41) is 8.03. The molecular formula is C15H28N4. The smallest absolute Gasteiger partial charge is 0.0666 e. The lowest BCUT2D eigenvalue weighted by Crippen LogP contribution is -2.37. The number of likely N-dealkylation sites (tertiary alicyclic amines) is 1. The molecule has 1 saturated heterocycles. The third-order valence-corrected chi connectivity index (χ3v) is 4.12. The molecule has 0 bridgehead atoms. The molecule has 1 N–H and O–H groups in total. The van der Waals surface area contributed by atoms with Gasteiger partial charge in [-0.25, -0.2) is 0 Å². The minimum Gasteiger partial charge on any atom is -0.311 e. The molecule has 0 unspecified atom stereocenters. The zero-order valence-electron chi connectivity index (χ0n) is 12.7. The van der Waals surface area contributed by atoms with Crippen molar-refractivity contribution in [3.63, 3.8) is 0 Å². The summed E-state index contributed by atoms with van der Waals surface area (Å²) in [5.74, 6) is 0.923. The minimum absolute atomic E-state index is 0.923. The lowest BCUT2D eigenvalue weighted by atomic mass is 9.99. The maximum Gasteiger partial charge on any atom is 0.0666 e. The van der Waals surface area contributed by atoms with Gasteiger partial charge in [-0.2, -0.15) is 5.10 Å². The van der Waals surface area contributed by atoms with Crippen LogP contribution in [0.2, 0.25) is 0 Å². The van der Waals surface area contributed by atoms with Gasteiger partial charge < -0.3 is 10.2 Å². The minimum atomic E-state index is 0.923. The van der Waals surface area contributed by atoms with Gasteiger partial charge >= 0.3 is 0 Å². The van der Waals surface area contributed by atoms with Gasteiger partial charge in [0.2, 0.25) is 0 Å². The highest BCUT2D eigenvalue weighted by Crippen LogP contribution is 2.15. The Morgan fingerprint density at radius 2 is 2.11 bits per heavy atom. The van der Waals surface area contributed by atoms with Crippen LogP contribution in [0.3, 0.4) is 0 Å². The van der Waals surface area contributed by atoms with Gasteiger partial charge in [-0.1, -0.05) is 13.8 Å². The summed E-state index contributed by atoms with van der Waals surface area (Å²) < 4.78 is 1.92. The molecule has 0 radical (unpaired) electrons. The third-order valence-electron chi connectivity index (χ3n) is 4.12. The Morgan fingerprint density at radius 3 is 2.79 bits per heavy atom. The molecule has 1 aliphatic heterocycles. The molecule has 4 heteroatoms. The van der Waals surface area contributed by atoms with Gasteiger partial charge in [-0.05, 0) is 38.3 Å². The predicted octanol–water partition coefficient (Wildman–Crippen LogP) is 1.80. The average molecular weight is 264 g/mol. The summed E-state index contributed by atoms with van der Waals surface area (Å²) in [7, 11) is 2.00. The SMILES string of the molecule is CCc1nn(C)cc1CNCCN1CCC(C)CC1. The molecule has 108 valence electrons. The zero-order valence-corrected chi connectivity index (χ0v) is 12.7. The summed E-state index contributed by atoms with van der Waals surface area (Å²) in [6.07, 6.45) is 5.88. The highest BCUT2D eigenvalue weighted by atomic mass is 15.3. The molecule has 4 nitrogen and oxygen atoms in total. The first-order valence-electron chi connectivity index (χ1n) is 7.63. The number of hydrogen-bond acceptors (Lipinski definition) is 3. The lowest BCUT2D eigenvalue weighted by Gasteiger charge is -2.30. The second-order valence-corrected chi connectivity index (χ2v) is 5.83. The van der Waals surface area contributed by atoms with Crippen LogP contribution in [-0.4, -0.2) is 40.9 Å². The van der Waals surface area contributed by atoms with E-state index in [2.05, 4.69) is 35.4 Å². The van der Waals surface area contributed by atoms with Crippen molar-refractivity contribution >= 4 is 0 Å². The Kier molecular flexibility index (Phi) is 5.40. The molecular weight excluding hydrogens is 236 g/mol. The Balaban J connectivity index is 1.66. The van der Waals surface area contributed by atoms with Crippen molar-refractivity contribution in [1.29, 1.82) is 0 Å². The molecule has 0 aromatic carbocycles. The van der Waals surface area contributed by atoms with Crippen LogP contribution in [0.1, 0.15) is 37.9 Å². The second kappa shape index (κ2) is 7.06. The van der Waals surface area contributed by atoms with E-state index in [1.165, 1.54) is 43.7 Å². The molecule has 19 heavy (non-hydrogen) atoms.